The number of esters is 1. The zero-order valence-electron chi connectivity index (χ0n) is 24.1. The van der Waals surface area contributed by atoms with Crippen molar-refractivity contribution < 1.29 is 19.1 Å². The minimum atomic E-state index is -0.561. The Morgan fingerprint density at radius 2 is 1.95 bits per heavy atom. The van der Waals surface area contributed by atoms with Crippen LogP contribution in [0.3, 0.4) is 0 Å². The Morgan fingerprint density at radius 1 is 1.18 bits per heavy atom. The van der Waals surface area contributed by atoms with Crippen LogP contribution in [0.5, 0.6) is 0 Å². The Bertz CT molecular complexity index is 1220. The molecule has 1 aromatic rings. The van der Waals surface area contributed by atoms with E-state index in [9.17, 15) is 9.59 Å². The molecule has 0 radical (unpaired) electrons. The van der Waals surface area contributed by atoms with Gasteiger partial charge in [0.15, 0.2) is 0 Å². The molecule has 0 fully saturated rings. The van der Waals surface area contributed by atoms with Crippen LogP contribution in [0, 0.1) is 11.8 Å². The Kier molecular flexibility index (Phi) is 9.99. The molecule has 0 saturated heterocycles. The number of methoxy groups -OCH3 is 2. The maximum atomic E-state index is 13.3. The van der Waals surface area contributed by atoms with Crippen molar-refractivity contribution in [2.75, 3.05) is 33.9 Å². The lowest BCUT2D eigenvalue weighted by Crippen LogP contribution is -2.46. The fourth-order valence-corrected chi connectivity index (χ4v) is 5.82. The highest BCUT2D eigenvalue weighted by Gasteiger charge is 2.36. The predicted octanol–water partition coefficient (Wildman–Crippen LogP) is 6.31. The van der Waals surface area contributed by atoms with E-state index in [2.05, 4.69) is 55.4 Å². The SMILES string of the molecule is C=C1/C=C\C=C/CCC(N(CC2=CCC(CC)C=C2OC)CC(CN2C(=C)c3ccccc3C2=O)C(=O)OC)C1. The molecule has 3 atom stereocenters. The van der Waals surface area contributed by atoms with Crippen LogP contribution in [-0.4, -0.2) is 61.6 Å². The summed E-state index contributed by atoms with van der Waals surface area (Å²) in [6, 6.07) is 7.60. The van der Waals surface area contributed by atoms with Crippen LogP contribution in [-0.2, 0) is 14.3 Å². The molecule has 0 bridgehead atoms. The molecule has 2 aliphatic carbocycles. The highest BCUT2D eigenvalue weighted by atomic mass is 16.5. The van der Waals surface area contributed by atoms with Crippen LogP contribution in [0.1, 0.15) is 54.9 Å². The van der Waals surface area contributed by atoms with E-state index in [1.807, 2.05) is 30.3 Å². The van der Waals surface area contributed by atoms with E-state index in [4.69, 9.17) is 9.47 Å². The summed E-state index contributed by atoms with van der Waals surface area (Å²) in [7, 11) is 3.13. The third kappa shape index (κ3) is 6.73. The number of hydrogen-bond donors (Lipinski definition) is 0. The molecule has 1 amide bonds. The van der Waals surface area contributed by atoms with Gasteiger partial charge >= 0.3 is 5.97 Å². The predicted molar refractivity (Wildman–Crippen MR) is 160 cm³/mol. The number of hydrogen-bond acceptors (Lipinski definition) is 5. The minimum Gasteiger partial charge on any atom is -0.497 e. The van der Waals surface area contributed by atoms with E-state index in [1.165, 1.54) is 7.11 Å². The first kappa shape index (κ1) is 29.3. The van der Waals surface area contributed by atoms with Crippen LogP contribution in [0.2, 0.25) is 0 Å². The minimum absolute atomic E-state index is 0.127. The third-order valence-corrected chi connectivity index (χ3v) is 8.18. The van der Waals surface area contributed by atoms with Crippen molar-refractivity contribution in [2.24, 2.45) is 11.8 Å². The first-order chi connectivity index (χ1) is 19.4. The Morgan fingerprint density at radius 3 is 2.65 bits per heavy atom. The van der Waals surface area contributed by atoms with E-state index in [1.54, 1.807) is 12.0 Å². The second-order valence-corrected chi connectivity index (χ2v) is 10.8. The van der Waals surface area contributed by atoms with E-state index in [-0.39, 0.29) is 24.5 Å². The van der Waals surface area contributed by atoms with Gasteiger partial charge in [0.1, 0.15) is 5.76 Å². The Hall–Kier alpha value is -3.64. The third-order valence-electron chi connectivity index (χ3n) is 8.18. The highest BCUT2D eigenvalue weighted by molar-refractivity contribution is 6.08. The fourth-order valence-electron chi connectivity index (χ4n) is 5.82. The van der Waals surface area contributed by atoms with Crippen LogP contribution in [0.25, 0.3) is 5.70 Å². The summed E-state index contributed by atoms with van der Waals surface area (Å²) >= 11 is 0. The molecule has 6 nitrogen and oxygen atoms in total. The van der Waals surface area contributed by atoms with Gasteiger partial charge in [-0.15, -0.1) is 0 Å². The van der Waals surface area contributed by atoms with E-state index in [0.29, 0.717) is 30.3 Å². The molecular formula is C34H42N2O4. The molecule has 0 N–H and O–H groups in total. The standard InChI is InChI=1S/C34H42N2O4/c1-6-26-17-18-27(32(20-26)39-4)21-35(29-14-10-8-7-9-13-24(2)19-29)22-28(34(38)40-5)23-36-25(3)30-15-11-12-16-31(30)33(36)37/h7-9,11-13,15-16,18,20,26,28-29H,2-3,6,10,14,17,19,21-23H2,1,4-5H3/b8-7-,13-9-. The molecule has 40 heavy (non-hydrogen) atoms. The number of allylic oxidation sites excluding steroid dienone is 6. The highest BCUT2D eigenvalue weighted by Crippen LogP contribution is 2.33. The van der Waals surface area contributed by atoms with Crippen molar-refractivity contribution >= 4 is 17.6 Å². The van der Waals surface area contributed by atoms with Crippen molar-refractivity contribution in [3.63, 3.8) is 0 Å². The molecule has 212 valence electrons. The zero-order valence-corrected chi connectivity index (χ0v) is 24.1. The quantitative estimate of drug-likeness (QED) is 0.324. The Balaban J connectivity index is 1.63. The number of fused-ring (bicyclic) bond motifs is 1. The van der Waals surface area contributed by atoms with Gasteiger partial charge in [-0.05, 0) is 50.2 Å². The van der Waals surface area contributed by atoms with Gasteiger partial charge in [0.2, 0.25) is 0 Å². The summed E-state index contributed by atoms with van der Waals surface area (Å²) in [5, 5.41) is 0. The Labute approximate surface area is 239 Å². The molecule has 1 aliphatic heterocycles. The number of amides is 1. The fraction of sp³-hybridized carbons (Fsp3) is 0.412. The molecule has 3 unspecified atom stereocenters. The molecule has 0 spiro atoms. The zero-order chi connectivity index (χ0) is 28.6. The summed E-state index contributed by atoms with van der Waals surface area (Å²) in [4.78, 5) is 30.5. The van der Waals surface area contributed by atoms with Gasteiger partial charge < -0.3 is 14.4 Å². The average Bonchev–Trinajstić information content (AvgIpc) is 3.27. The topological polar surface area (TPSA) is 59.1 Å². The second-order valence-electron chi connectivity index (χ2n) is 10.8. The summed E-state index contributed by atoms with van der Waals surface area (Å²) < 4.78 is 11.1. The maximum Gasteiger partial charge on any atom is 0.311 e. The molecule has 4 rings (SSSR count). The summed E-state index contributed by atoms with van der Waals surface area (Å²) in [6.45, 7) is 11.9. The van der Waals surface area contributed by atoms with E-state index >= 15 is 0 Å². The number of ether oxygens (including phenoxy) is 2. The van der Waals surface area contributed by atoms with Gasteiger partial charge in [-0.25, -0.2) is 0 Å². The van der Waals surface area contributed by atoms with E-state index in [0.717, 1.165) is 54.6 Å². The van der Waals surface area contributed by atoms with Gasteiger partial charge in [-0.1, -0.05) is 74.2 Å². The molecule has 6 heteroatoms. The lowest BCUT2D eigenvalue weighted by atomic mass is 9.92. The van der Waals surface area contributed by atoms with Gasteiger partial charge in [-0.3, -0.25) is 14.5 Å². The van der Waals surface area contributed by atoms with Gasteiger partial charge in [0.05, 0.1) is 20.1 Å². The summed E-state index contributed by atoms with van der Waals surface area (Å²) in [5.41, 5.74) is 4.22. The van der Waals surface area contributed by atoms with Crippen molar-refractivity contribution in [1.82, 2.24) is 9.80 Å². The number of benzene rings is 1. The van der Waals surface area contributed by atoms with Crippen molar-refractivity contribution in [3.8, 4) is 0 Å². The van der Waals surface area contributed by atoms with Crippen LogP contribution in [0.15, 0.2) is 90.8 Å². The molecule has 0 saturated carbocycles. The smallest absolute Gasteiger partial charge is 0.311 e. The van der Waals surface area contributed by atoms with Crippen LogP contribution < -0.4 is 0 Å². The van der Waals surface area contributed by atoms with Crippen LogP contribution >= 0.6 is 0 Å². The lowest BCUT2D eigenvalue weighted by molar-refractivity contribution is -0.146. The molecule has 0 aromatic heterocycles. The number of rotatable bonds is 10. The van der Waals surface area contributed by atoms with Crippen LogP contribution in [0.4, 0.5) is 0 Å². The first-order valence-corrected chi connectivity index (χ1v) is 14.2. The van der Waals surface area contributed by atoms with Gasteiger partial charge in [0.25, 0.3) is 5.91 Å². The average molecular weight is 543 g/mol. The van der Waals surface area contributed by atoms with Gasteiger partial charge in [0, 0.05) is 48.1 Å². The van der Waals surface area contributed by atoms with Crippen molar-refractivity contribution in [2.45, 2.75) is 45.1 Å². The largest absolute Gasteiger partial charge is 0.497 e. The molecule has 1 aromatic carbocycles. The number of carbonyl (C=O) groups is 2. The molecular weight excluding hydrogens is 500 g/mol. The number of carbonyl (C=O) groups excluding carboxylic acids is 2. The van der Waals surface area contributed by atoms with Crippen molar-refractivity contribution in [3.05, 3.63) is 102 Å². The first-order valence-electron chi connectivity index (χ1n) is 14.2. The maximum absolute atomic E-state index is 13.3. The van der Waals surface area contributed by atoms with Crippen molar-refractivity contribution in [1.29, 1.82) is 0 Å². The normalized spacial score (nSPS) is 23.4. The second kappa shape index (κ2) is 13.6. The lowest BCUT2D eigenvalue weighted by Gasteiger charge is -2.36. The van der Waals surface area contributed by atoms with E-state index < -0.39 is 5.92 Å². The summed E-state index contributed by atoms with van der Waals surface area (Å²) in [6.07, 6.45) is 17.5. The van der Waals surface area contributed by atoms with Gasteiger partial charge in [-0.2, -0.15) is 0 Å². The summed E-state index contributed by atoms with van der Waals surface area (Å²) in [5.74, 6) is 0.336. The monoisotopic (exact) mass is 542 g/mol. The molecule has 3 aliphatic rings. The number of nitrogens with zero attached hydrogens (tertiary/aromatic N) is 2. The molecule has 1 heterocycles.